The third kappa shape index (κ3) is 5.17. The van der Waals surface area contributed by atoms with Crippen molar-refractivity contribution in [2.24, 2.45) is 0 Å². The van der Waals surface area contributed by atoms with E-state index in [1.807, 2.05) is 36.4 Å². The molecule has 0 amide bonds. The van der Waals surface area contributed by atoms with E-state index in [2.05, 4.69) is 0 Å². The lowest BCUT2D eigenvalue weighted by Crippen LogP contribution is -2.15. The third-order valence-corrected chi connectivity index (χ3v) is 5.75. The van der Waals surface area contributed by atoms with E-state index in [0.717, 1.165) is 28.9 Å². The van der Waals surface area contributed by atoms with Crippen molar-refractivity contribution in [1.29, 1.82) is 0 Å². The summed E-state index contributed by atoms with van der Waals surface area (Å²) in [7, 11) is 6.50. The monoisotopic (exact) mass is 420 g/mol. The fraction of sp³-hybridized carbons (Fsp3) is 0.455. The molecule has 1 aliphatic carbocycles. The maximum absolute atomic E-state index is 6.17. The molecular weight excluding hydrogens is 392 g/mol. The van der Waals surface area contributed by atoms with Crippen molar-refractivity contribution >= 4 is 12.0 Å². The SMILES string of the molecule is COCOC1C[C@@H](OSc2ccccc2)CCc2c1cc(OC)c(OC)c2OC. The highest BCUT2D eigenvalue weighted by molar-refractivity contribution is 7.94. The molecule has 29 heavy (non-hydrogen) atoms. The fourth-order valence-electron chi connectivity index (χ4n) is 3.56. The molecule has 1 aliphatic rings. The Labute approximate surface area is 176 Å². The van der Waals surface area contributed by atoms with E-state index in [0.29, 0.717) is 23.7 Å². The summed E-state index contributed by atoms with van der Waals surface area (Å²) in [6, 6.07) is 12.0. The van der Waals surface area contributed by atoms with E-state index in [1.165, 1.54) is 12.0 Å². The third-order valence-electron chi connectivity index (χ3n) is 4.92. The van der Waals surface area contributed by atoms with Crippen molar-refractivity contribution in [2.45, 2.75) is 36.4 Å². The molecular formula is C22H28O6S. The van der Waals surface area contributed by atoms with Crippen molar-refractivity contribution in [2.75, 3.05) is 35.2 Å². The van der Waals surface area contributed by atoms with Gasteiger partial charge in [0.2, 0.25) is 5.75 Å². The predicted molar refractivity (Wildman–Crippen MR) is 112 cm³/mol. The molecule has 1 unspecified atom stereocenters. The Bertz CT molecular complexity index is 783. The van der Waals surface area contributed by atoms with Gasteiger partial charge in [0, 0.05) is 36.0 Å². The van der Waals surface area contributed by atoms with Crippen LogP contribution in [0.15, 0.2) is 41.3 Å². The molecule has 3 rings (SSSR count). The summed E-state index contributed by atoms with van der Waals surface area (Å²) in [6.07, 6.45) is 2.13. The van der Waals surface area contributed by atoms with Gasteiger partial charge in [0.1, 0.15) is 6.79 Å². The van der Waals surface area contributed by atoms with Crippen LogP contribution in [0.3, 0.4) is 0 Å². The van der Waals surface area contributed by atoms with Crippen LogP contribution in [0.1, 0.15) is 30.1 Å². The van der Waals surface area contributed by atoms with E-state index in [1.54, 1.807) is 28.4 Å². The Balaban J connectivity index is 1.89. The first-order valence-electron chi connectivity index (χ1n) is 9.52. The first kappa shape index (κ1) is 21.8. The first-order valence-corrected chi connectivity index (χ1v) is 10.3. The summed E-state index contributed by atoms with van der Waals surface area (Å²) in [5.74, 6) is 1.90. The van der Waals surface area contributed by atoms with Crippen LogP contribution in [0, 0.1) is 0 Å². The van der Waals surface area contributed by atoms with Crippen molar-refractivity contribution in [3.8, 4) is 17.2 Å². The number of ether oxygens (including phenoxy) is 5. The van der Waals surface area contributed by atoms with E-state index < -0.39 is 0 Å². The van der Waals surface area contributed by atoms with E-state index in [-0.39, 0.29) is 19.0 Å². The number of benzene rings is 2. The lowest BCUT2D eigenvalue weighted by Gasteiger charge is -2.23. The molecule has 0 saturated carbocycles. The molecule has 0 bridgehead atoms. The Morgan fingerprint density at radius 3 is 2.38 bits per heavy atom. The van der Waals surface area contributed by atoms with Gasteiger partial charge in [0.25, 0.3) is 0 Å². The molecule has 0 heterocycles. The highest BCUT2D eigenvalue weighted by Gasteiger charge is 2.31. The van der Waals surface area contributed by atoms with Gasteiger partial charge in [0.15, 0.2) is 11.5 Å². The van der Waals surface area contributed by atoms with Gasteiger partial charge in [-0.2, -0.15) is 0 Å². The molecule has 0 N–H and O–H groups in total. The zero-order valence-corrected chi connectivity index (χ0v) is 18.1. The van der Waals surface area contributed by atoms with Crippen molar-refractivity contribution in [3.05, 3.63) is 47.5 Å². The van der Waals surface area contributed by atoms with Gasteiger partial charge in [-0.15, -0.1) is 0 Å². The minimum atomic E-state index is -0.206. The van der Waals surface area contributed by atoms with Gasteiger partial charge in [-0.3, -0.25) is 0 Å². The average molecular weight is 421 g/mol. The number of methoxy groups -OCH3 is 4. The standard InChI is InChI=1S/C22H28O6S/c1-23-14-27-19-12-15(28-29-16-8-6-5-7-9-16)10-11-17-18(19)13-20(24-2)22(26-4)21(17)25-3/h5-9,13,15,19H,10-12,14H2,1-4H3/t15-,19?/m0/s1. The van der Waals surface area contributed by atoms with E-state index in [9.17, 15) is 0 Å². The Morgan fingerprint density at radius 2 is 1.72 bits per heavy atom. The largest absolute Gasteiger partial charge is 0.493 e. The van der Waals surface area contributed by atoms with Gasteiger partial charge < -0.3 is 27.9 Å². The predicted octanol–water partition coefficient (Wildman–Crippen LogP) is 4.80. The summed E-state index contributed by atoms with van der Waals surface area (Å²) in [5.41, 5.74) is 2.08. The molecule has 0 spiro atoms. The van der Waals surface area contributed by atoms with Crippen LogP contribution in [-0.2, 0) is 20.1 Å². The number of fused-ring (bicyclic) bond motifs is 1. The zero-order valence-electron chi connectivity index (χ0n) is 17.3. The molecule has 0 saturated heterocycles. The minimum absolute atomic E-state index is 0.0103. The van der Waals surface area contributed by atoms with Gasteiger partial charge >= 0.3 is 0 Å². The minimum Gasteiger partial charge on any atom is -0.493 e. The Morgan fingerprint density at radius 1 is 0.966 bits per heavy atom. The maximum atomic E-state index is 6.17. The molecule has 2 aromatic carbocycles. The molecule has 2 atom stereocenters. The smallest absolute Gasteiger partial charge is 0.203 e. The van der Waals surface area contributed by atoms with E-state index >= 15 is 0 Å². The van der Waals surface area contributed by atoms with Gasteiger partial charge in [-0.1, -0.05) is 18.2 Å². The molecule has 0 radical (unpaired) electrons. The van der Waals surface area contributed by atoms with Crippen LogP contribution in [0.4, 0.5) is 0 Å². The Hall–Kier alpha value is -1.93. The lowest BCUT2D eigenvalue weighted by atomic mass is 9.98. The molecule has 0 aromatic heterocycles. The molecule has 7 heteroatoms. The molecule has 158 valence electrons. The topological polar surface area (TPSA) is 55.4 Å². The molecule has 2 aromatic rings. The second-order valence-corrected chi connectivity index (χ2v) is 7.49. The molecule has 6 nitrogen and oxygen atoms in total. The van der Waals surface area contributed by atoms with Gasteiger partial charge in [-0.25, -0.2) is 0 Å². The Kier molecular flexibility index (Phi) is 8.06. The second-order valence-electron chi connectivity index (χ2n) is 6.66. The van der Waals surface area contributed by atoms with Crippen LogP contribution < -0.4 is 14.2 Å². The second kappa shape index (κ2) is 10.7. The van der Waals surface area contributed by atoms with Crippen LogP contribution in [0.25, 0.3) is 0 Å². The number of rotatable bonds is 9. The van der Waals surface area contributed by atoms with Gasteiger partial charge in [-0.05, 0) is 36.6 Å². The lowest BCUT2D eigenvalue weighted by molar-refractivity contribution is -0.0829. The van der Waals surface area contributed by atoms with Crippen molar-refractivity contribution in [3.63, 3.8) is 0 Å². The normalized spacial score (nSPS) is 18.6. The summed E-state index contributed by atoms with van der Waals surface area (Å²) in [5, 5.41) is 0. The van der Waals surface area contributed by atoms with E-state index in [4.69, 9.17) is 27.9 Å². The van der Waals surface area contributed by atoms with Crippen LogP contribution in [0.5, 0.6) is 17.2 Å². The summed E-state index contributed by atoms with van der Waals surface area (Å²) in [4.78, 5) is 1.07. The fourth-order valence-corrected chi connectivity index (χ4v) is 4.25. The molecule has 0 aliphatic heterocycles. The zero-order chi connectivity index (χ0) is 20.6. The average Bonchev–Trinajstić information content (AvgIpc) is 2.94. The molecule has 0 fully saturated rings. The highest BCUT2D eigenvalue weighted by atomic mass is 32.2. The van der Waals surface area contributed by atoms with Gasteiger partial charge in [0.05, 0.1) is 33.5 Å². The van der Waals surface area contributed by atoms with Crippen LogP contribution in [-0.4, -0.2) is 41.3 Å². The van der Waals surface area contributed by atoms with Crippen LogP contribution in [0.2, 0.25) is 0 Å². The number of hydrogen-bond donors (Lipinski definition) is 0. The van der Waals surface area contributed by atoms with Crippen molar-refractivity contribution < 1.29 is 27.9 Å². The summed E-state index contributed by atoms with van der Waals surface area (Å²) < 4.78 is 34.2. The number of hydrogen-bond acceptors (Lipinski definition) is 7. The summed E-state index contributed by atoms with van der Waals surface area (Å²) in [6.45, 7) is 0.194. The summed E-state index contributed by atoms with van der Waals surface area (Å²) >= 11 is 1.40. The van der Waals surface area contributed by atoms with Crippen molar-refractivity contribution in [1.82, 2.24) is 0 Å². The quantitative estimate of drug-likeness (QED) is 0.328. The van der Waals surface area contributed by atoms with Crippen LogP contribution >= 0.6 is 12.0 Å². The first-order chi connectivity index (χ1) is 14.2. The maximum Gasteiger partial charge on any atom is 0.203 e. The highest BCUT2D eigenvalue weighted by Crippen LogP contribution is 2.47.